The Morgan fingerprint density at radius 2 is 2.00 bits per heavy atom. The first-order valence-electron chi connectivity index (χ1n) is 9.07. The van der Waals surface area contributed by atoms with Gasteiger partial charge in [0, 0.05) is 24.6 Å². The van der Waals surface area contributed by atoms with Gasteiger partial charge in [-0.2, -0.15) is 5.10 Å². The van der Waals surface area contributed by atoms with Gasteiger partial charge >= 0.3 is 0 Å². The fraction of sp³-hybridized carbons (Fsp3) is 0.474. The van der Waals surface area contributed by atoms with E-state index in [0.717, 1.165) is 36.0 Å². The predicted octanol–water partition coefficient (Wildman–Crippen LogP) is 1.92. The maximum Gasteiger partial charge on any atom is 0.231 e. The smallest absolute Gasteiger partial charge is 0.231 e. The number of hydrogen-bond acceptors (Lipinski definition) is 5. The molecule has 1 aromatic carbocycles. The second-order valence-corrected chi connectivity index (χ2v) is 8.69. The van der Waals surface area contributed by atoms with Gasteiger partial charge in [0.05, 0.1) is 29.2 Å². The lowest BCUT2D eigenvalue weighted by molar-refractivity contribution is -0.118. The molecule has 0 radical (unpaired) electrons. The first-order valence-corrected chi connectivity index (χ1v) is 11.0. The minimum absolute atomic E-state index is 0.0809. The van der Waals surface area contributed by atoms with Crippen LogP contribution in [0.15, 0.2) is 23.1 Å². The number of rotatable bonds is 5. The number of aryl methyl sites for hydroxylation is 2. The van der Waals surface area contributed by atoms with Crippen LogP contribution in [0.1, 0.15) is 30.8 Å². The molecule has 7 nitrogen and oxygen atoms in total. The molecular weight excluding hydrogens is 366 g/mol. The predicted molar refractivity (Wildman–Crippen MR) is 103 cm³/mol. The summed E-state index contributed by atoms with van der Waals surface area (Å²) in [7, 11) is -1.47. The third kappa shape index (κ3) is 3.71. The van der Waals surface area contributed by atoms with E-state index in [1.807, 2.05) is 25.6 Å². The number of benzene rings is 1. The van der Waals surface area contributed by atoms with E-state index < -0.39 is 9.84 Å². The van der Waals surface area contributed by atoms with Gasteiger partial charge in [0.15, 0.2) is 9.84 Å². The van der Waals surface area contributed by atoms with Crippen LogP contribution in [-0.4, -0.2) is 43.5 Å². The van der Waals surface area contributed by atoms with Crippen molar-refractivity contribution in [3.05, 3.63) is 35.2 Å². The van der Waals surface area contributed by atoms with E-state index in [4.69, 9.17) is 4.74 Å². The Labute approximate surface area is 159 Å². The number of anilines is 1. The number of sulfone groups is 1. The van der Waals surface area contributed by atoms with Crippen LogP contribution in [0, 0.1) is 0 Å². The standard InChI is InChI=1S/C19H25N3O4S/c1-5-15-14(16(6-2)21(3)20-15)12-19(23)22-9-10-26-18-8-7-13(11-17(18)22)27(4,24)25/h7-8,11H,5-6,9-10,12H2,1-4H3. The molecule has 0 bridgehead atoms. The Morgan fingerprint density at radius 3 is 2.63 bits per heavy atom. The number of hydrogen-bond donors (Lipinski definition) is 0. The molecule has 0 N–H and O–H groups in total. The van der Waals surface area contributed by atoms with Crippen molar-refractivity contribution >= 4 is 21.4 Å². The van der Waals surface area contributed by atoms with Gasteiger partial charge in [0.1, 0.15) is 12.4 Å². The van der Waals surface area contributed by atoms with Gasteiger partial charge in [0.2, 0.25) is 5.91 Å². The van der Waals surface area contributed by atoms with Gasteiger partial charge in [-0.25, -0.2) is 8.42 Å². The number of carbonyl (C=O) groups is 1. The molecule has 0 atom stereocenters. The maximum atomic E-state index is 13.1. The zero-order valence-electron chi connectivity index (χ0n) is 16.2. The minimum atomic E-state index is -3.37. The summed E-state index contributed by atoms with van der Waals surface area (Å²) in [5.74, 6) is 0.446. The monoisotopic (exact) mass is 391 g/mol. The molecule has 1 aliphatic rings. The lowest BCUT2D eigenvalue weighted by Crippen LogP contribution is -2.39. The van der Waals surface area contributed by atoms with Gasteiger partial charge < -0.3 is 9.64 Å². The fourth-order valence-electron chi connectivity index (χ4n) is 3.53. The Kier molecular flexibility index (Phi) is 5.28. The molecule has 2 aromatic rings. The summed E-state index contributed by atoms with van der Waals surface area (Å²) >= 11 is 0. The Hall–Kier alpha value is -2.35. The van der Waals surface area contributed by atoms with E-state index in [1.54, 1.807) is 11.0 Å². The number of ether oxygens (including phenoxy) is 1. The molecule has 146 valence electrons. The maximum absolute atomic E-state index is 13.1. The molecule has 0 saturated heterocycles. The number of carbonyl (C=O) groups excluding carboxylic acids is 1. The van der Waals surface area contributed by atoms with Crippen LogP contribution in [0.5, 0.6) is 5.75 Å². The number of aromatic nitrogens is 2. The van der Waals surface area contributed by atoms with Crippen molar-refractivity contribution < 1.29 is 17.9 Å². The highest BCUT2D eigenvalue weighted by atomic mass is 32.2. The van der Waals surface area contributed by atoms with Crippen LogP contribution < -0.4 is 9.64 Å². The largest absolute Gasteiger partial charge is 0.490 e. The molecule has 8 heteroatoms. The zero-order chi connectivity index (χ0) is 19.8. The molecule has 0 fully saturated rings. The van der Waals surface area contributed by atoms with Crippen LogP contribution >= 0.6 is 0 Å². The van der Waals surface area contributed by atoms with E-state index in [9.17, 15) is 13.2 Å². The average Bonchev–Trinajstić information content (AvgIpc) is 2.94. The van der Waals surface area contributed by atoms with Gasteiger partial charge in [-0.05, 0) is 31.0 Å². The van der Waals surface area contributed by atoms with Gasteiger partial charge in [0.25, 0.3) is 0 Å². The van der Waals surface area contributed by atoms with Crippen LogP contribution in [0.2, 0.25) is 0 Å². The summed E-state index contributed by atoms with van der Waals surface area (Å²) in [5, 5.41) is 4.53. The molecular formula is C19H25N3O4S. The summed E-state index contributed by atoms with van der Waals surface area (Å²) in [6.07, 6.45) is 2.95. The van der Waals surface area contributed by atoms with Crippen molar-refractivity contribution in [2.24, 2.45) is 7.05 Å². The molecule has 0 spiro atoms. The van der Waals surface area contributed by atoms with Crippen LogP contribution in [0.4, 0.5) is 5.69 Å². The van der Waals surface area contributed by atoms with Crippen molar-refractivity contribution in [1.29, 1.82) is 0 Å². The normalized spacial score (nSPS) is 14.0. The van der Waals surface area contributed by atoms with Crippen LogP contribution in [0.3, 0.4) is 0 Å². The summed E-state index contributed by atoms with van der Waals surface area (Å²) < 4.78 is 31.3. The molecule has 0 unspecified atom stereocenters. The molecule has 1 aliphatic heterocycles. The van der Waals surface area contributed by atoms with E-state index >= 15 is 0 Å². The van der Waals surface area contributed by atoms with E-state index in [1.165, 1.54) is 12.1 Å². The summed E-state index contributed by atoms with van der Waals surface area (Å²) in [5.41, 5.74) is 3.47. The van der Waals surface area contributed by atoms with Crippen molar-refractivity contribution in [2.75, 3.05) is 24.3 Å². The molecule has 27 heavy (non-hydrogen) atoms. The second kappa shape index (κ2) is 7.34. The SMILES string of the molecule is CCc1nn(C)c(CC)c1CC(=O)N1CCOc2ccc(S(C)(=O)=O)cc21. The molecule has 0 aliphatic carbocycles. The first-order chi connectivity index (χ1) is 12.8. The third-order valence-corrected chi connectivity index (χ3v) is 5.99. The Bertz CT molecular complexity index is 979. The second-order valence-electron chi connectivity index (χ2n) is 6.67. The lowest BCUT2D eigenvalue weighted by atomic mass is 10.0. The molecule has 0 saturated carbocycles. The Morgan fingerprint density at radius 1 is 1.26 bits per heavy atom. The fourth-order valence-corrected chi connectivity index (χ4v) is 4.17. The molecule has 3 rings (SSSR count). The van der Waals surface area contributed by atoms with Crippen molar-refractivity contribution in [3.63, 3.8) is 0 Å². The number of fused-ring (bicyclic) bond motifs is 1. The summed E-state index contributed by atoms with van der Waals surface area (Å²) in [4.78, 5) is 14.9. The molecule has 1 amide bonds. The number of nitrogens with zero attached hydrogens (tertiary/aromatic N) is 3. The lowest BCUT2D eigenvalue weighted by Gasteiger charge is -2.30. The van der Waals surface area contributed by atoms with Crippen molar-refractivity contribution in [1.82, 2.24) is 9.78 Å². The van der Waals surface area contributed by atoms with E-state index in [-0.39, 0.29) is 17.2 Å². The highest BCUT2D eigenvalue weighted by Gasteiger charge is 2.27. The first kappa shape index (κ1) is 19.4. The number of amides is 1. The topological polar surface area (TPSA) is 81.5 Å². The van der Waals surface area contributed by atoms with Crippen molar-refractivity contribution in [3.8, 4) is 5.75 Å². The molecule has 1 aromatic heterocycles. The average molecular weight is 391 g/mol. The third-order valence-electron chi connectivity index (χ3n) is 4.88. The zero-order valence-corrected chi connectivity index (χ0v) is 17.0. The van der Waals surface area contributed by atoms with Crippen molar-refractivity contribution in [2.45, 2.75) is 38.0 Å². The van der Waals surface area contributed by atoms with Crippen LogP contribution in [-0.2, 0) is 40.9 Å². The van der Waals surface area contributed by atoms with Gasteiger partial charge in [-0.3, -0.25) is 9.48 Å². The molecule has 2 heterocycles. The summed E-state index contributed by atoms with van der Waals surface area (Å²) in [6.45, 7) is 4.85. The summed E-state index contributed by atoms with van der Waals surface area (Å²) in [6, 6.07) is 4.64. The minimum Gasteiger partial charge on any atom is -0.490 e. The van der Waals surface area contributed by atoms with Crippen LogP contribution in [0.25, 0.3) is 0 Å². The van der Waals surface area contributed by atoms with E-state index in [0.29, 0.717) is 24.6 Å². The highest BCUT2D eigenvalue weighted by molar-refractivity contribution is 7.90. The van der Waals surface area contributed by atoms with E-state index in [2.05, 4.69) is 5.10 Å². The quantitative estimate of drug-likeness (QED) is 0.778. The van der Waals surface area contributed by atoms with Gasteiger partial charge in [-0.15, -0.1) is 0 Å². The Balaban J connectivity index is 1.96. The van der Waals surface area contributed by atoms with Gasteiger partial charge in [-0.1, -0.05) is 13.8 Å². The highest BCUT2D eigenvalue weighted by Crippen LogP contribution is 2.34.